The molecule has 0 aliphatic carbocycles. The molecule has 0 radical (unpaired) electrons. The first-order chi connectivity index (χ1) is 7.76. The van der Waals surface area contributed by atoms with Gasteiger partial charge in [-0.25, -0.2) is 4.98 Å². The molecule has 5 nitrogen and oxygen atoms in total. The third-order valence-corrected chi connectivity index (χ3v) is 2.33. The van der Waals surface area contributed by atoms with Gasteiger partial charge in [-0.2, -0.15) is 0 Å². The first-order valence-electron chi connectivity index (χ1n) is 4.84. The number of para-hydroxylation sites is 1. The number of H-pyrrole nitrogens is 1. The molecule has 0 atom stereocenters. The lowest BCUT2D eigenvalue weighted by Gasteiger charge is -1.99. The number of phenols is 1. The molecule has 0 unspecified atom stereocenters. The molecule has 4 N–H and O–H groups in total. The average Bonchev–Trinajstić information content (AvgIpc) is 2.72. The maximum atomic E-state index is 9.62. The van der Waals surface area contributed by atoms with Gasteiger partial charge in [-0.1, -0.05) is 12.1 Å². The van der Waals surface area contributed by atoms with Gasteiger partial charge in [-0.05, 0) is 12.1 Å². The zero-order chi connectivity index (χ0) is 11.5. The van der Waals surface area contributed by atoms with E-state index in [1.54, 1.807) is 24.3 Å². The maximum Gasteiger partial charge on any atom is 0.141 e. The highest BCUT2D eigenvalue weighted by atomic mass is 16.3. The zero-order valence-corrected chi connectivity index (χ0v) is 8.51. The van der Waals surface area contributed by atoms with Crippen LogP contribution in [-0.2, 0) is 13.2 Å². The number of imidazole rings is 1. The minimum Gasteiger partial charge on any atom is -0.507 e. The van der Waals surface area contributed by atoms with Crippen molar-refractivity contribution in [3.05, 3.63) is 35.7 Å². The highest BCUT2D eigenvalue weighted by molar-refractivity contribution is 5.63. The fourth-order valence-corrected chi connectivity index (χ4v) is 1.51. The van der Waals surface area contributed by atoms with E-state index in [2.05, 4.69) is 9.97 Å². The van der Waals surface area contributed by atoms with E-state index in [-0.39, 0.29) is 19.0 Å². The molecule has 0 amide bonds. The van der Waals surface area contributed by atoms with Crippen LogP contribution in [0.5, 0.6) is 5.75 Å². The second kappa shape index (κ2) is 4.34. The number of aliphatic hydroxyl groups is 2. The number of hydrogen-bond acceptors (Lipinski definition) is 4. The van der Waals surface area contributed by atoms with Crippen LogP contribution in [-0.4, -0.2) is 25.3 Å². The van der Waals surface area contributed by atoms with E-state index in [4.69, 9.17) is 10.2 Å². The molecule has 16 heavy (non-hydrogen) atoms. The Labute approximate surface area is 92.0 Å². The minimum absolute atomic E-state index is 0.102. The van der Waals surface area contributed by atoms with Crippen molar-refractivity contribution in [3.8, 4) is 17.1 Å². The van der Waals surface area contributed by atoms with Crippen LogP contribution in [0, 0.1) is 0 Å². The van der Waals surface area contributed by atoms with E-state index in [0.717, 1.165) is 0 Å². The smallest absolute Gasteiger partial charge is 0.141 e. The van der Waals surface area contributed by atoms with Crippen LogP contribution in [0.2, 0.25) is 0 Å². The summed E-state index contributed by atoms with van der Waals surface area (Å²) in [6.45, 7) is -0.476. The number of aliphatic hydroxyl groups excluding tert-OH is 2. The second-order valence-corrected chi connectivity index (χ2v) is 3.34. The van der Waals surface area contributed by atoms with Crippen LogP contribution in [0.25, 0.3) is 11.4 Å². The number of aromatic amines is 1. The van der Waals surface area contributed by atoms with Crippen LogP contribution in [0.3, 0.4) is 0 Å². The Balaban J connectivity index is 2.49. The molecule has 1 aromatic heterocycles. The summed E-state index contributed by atoms with van der Waals surface area (Å²) in [6, 6.07) is 6.74. The van der Waals surface area contributed by atoms with Gasteiger partial charge >= 0.3 is 0 Å². The van der Waals surface area contributed by atoms with Crippen molar-refractivity contribution in [2.75, 3.05) is 0 Å². The molecule has 0 saturated carbocycles. The van der Waals surface area contributed by atoms with E-state index in [1.807, 2.05) is 0 Å². The lowest BCUT2D eigenvalue weighted by Crippen LogP contribution is -1.91. The van der Waals surface area contributed by atoms with E-state index in [1.165, 1.54) is 0 Å². The summed E-state index contributed by atoms with van der Waals surface area (Å²) in [4.78, 5) is 6.96. The molecule has 1 heterocycles. The standard InChI is InChI=1S/C11H12N2O3/c14-5-8-9(6-15)13-11(12-8)7-3-1-2-4-10(7)16/h1-4,14-16H,5-6H2,(H,12,13). The number of benzene rings is 1. The minimum atomic E-state index is -0.250. The first kappa shape index (κ1) is 10.7. The molecular weight excluding hydrogens is 208 g/mol. The fourth-order valence-electron chi connectivity index (χ4n) is 1.51. The monoisotopic (exact) mass is 220 g/mol. The predicted molar refractivity (Wildman–Crippen MR) is 57.5 cm³/mol. The van der Waals surface area contributed by atoms with Gasteiger partial charge in [0.1, 0.15) is 11.6 Å². The van der Waals surface area contributed by atoms with Crippen molar-refractivity contribution in [1.82, 2.24) is 9.97 Å². The number of aromatic hydroxyl groups is 1. The molecule has 84 valence electrons. The molecule has 0 bridgehead atoms. The number of hydrogen-bond donors (Lipinski definition) is 4. The SMILES string of the molecule is OCc1nc(-c2ccccc2O)[nH]c1CO. The van der Waals surface area contributed by atoms with E-state index >= 15 is 0 Å². The highest BCUT2D eigenvalue weighted by Gasteiger charge is 2.12. The molecule has 0 fully saturated rings. The first-order valence-corrected chi connectivity index (χ1v) is 4.84. The van der Waals surface area contributed by atoms with Crippen molar-refractivity contribution < 1.29 is 15.3 Å². The molecule has 5 heteroatoms. The Morgan fingerprint density at radius 2 is 1.88 bits per heavy atom. The summed E-state index contributed by atoms with van der Waals surface area (Å²) in [5, 5.41) is 27.7. The Bertz CT molecular complexity index is 472. The van der Waals surface area contributed by atoms with E-state index < -0.39 is 0 Å². The molecule has 2 aromatic rings. The van der Waals surface area contributed by atoms with Crippen molar-refractivity contribution in [2.24, 2.45) is 0 Å². The molecule has 1 aromatic carbocycles. The van der Waals surface area contributed by atoms with Crippen molar-refractivity contribution >= 4 is 0 Å². The third kappa shape index (κ3) is 1.78. The summed E-state index contributed by atoms with van der Waals surface area (Å²) in [6.07, 6.45) is 0. The van der Waals surface area contributed by atoms with Crippen LogP contribution < -0.4 is 0 Å². The quantitative estimate of drug-likeness (QED) is 0.615. The molecule has 0 aliphatic heterocycles. The number of nitrogens with zero attached hydrogens (tertiary/aromatic N) is 1. The fraction of sp³-hybridized carbons (Fsp3) is 0.182. The van der Waals surface area contributed by atoms with Gasteiger partial charge in [-0.3, -0.25) is 0 Å². The van der Waals surface area contributed by atoms with Crippen LogP contribution in [0.1, 0.15) is 11.4 Å². The summed E-state index contributed by atoms with van der Waals surface area (Å²) in [5.74, 6) is 0.538. The Morgan fingerprint density at radius 3 is 2.44 bits per heavy atom. The largest absolute Gasteiger partial charge is 0.507 e. The second-order valence-electron chi connectivity index (χ2n) is 3.34. The predicted octanol–water partition coefficient (Wildman–Crippen LogP) is 0.767. The van der Waals surface area contributed by atoms with Gasteiger partial charge < -0.3 is 20.3 Å². The van der Waals surface area contributed by atoms with Crippen LogP contribution >= 0.6 is 0 Å². The van der Waals surface area contributed by atoms with Crippen molar-refractivity contribution in [3.63, 3.8) is 0 Å². The van der Waals surface area contributed by atoms with Gasteiger partial charge in [0, 0.05) is 0 Å². The third-order valence-electron chi connectivity index (χ3n) is 2.33. The lowest BCUT2D eigenvalue weighted by molar-refractivity contribution is 0.255. The van der Waals surface area contributed by atoms with Crippen molar-refractivity contribution in [2.45, 2.75) is 13.2 Å². The number of phenolic OH excluding ortho intramolecular Hbond substituents is 1. The Morgan fingerprint density at radius 1 is 1.12 bits per heavy atom. The van der Waals surface area contributed by atoms with Gasteiger partial charge in [0.2, 0.25) is 0 Å². The van der Waals surface area contributed by atoms with Gasteiger partial charge in [0.15, 0.2) is 0 Å². The molecule has 0 spiro atoms. The average molecular weight is 220 g/mol. The summed E-state index contributed by atoms with van der Waals surface area (Å²) < 4.78 is 0. The van der Waals surface area contributed by atoms with Crippen LogP contribution in [0.15, 0.2) is 24.3 Å². The highest BCUT2D eigenvalue weighted by Crippen LogP contribution is 2.27. The summed E-state index contributed by atoms with van der Waals surface area (Å²) in [5.41, 5.74) is 1.39. The zero-order valence-electron chi connectivity index (χ0n) is 8.51. The summed E-state index contributed by atoms with van der Waals surface area (Å²) in [7, 11) is 0. The Hall–Kier alpha value is -1.85. The molecule has 0 aliphatic rings. The topological polar surface area (TPSA) is 89.4 Å². The van der Waals surface area contributed by atoms with Gasteiger partial charge in [-0.15, -0.1) is 0 Å². The molecule has 2 rings (SSSR count). The number of rotatable bonds is 3. The van der Waals surface area contributed by atoms with E-state index in [9.17, 15) is 5.11 Å². The number of aromatic nitrogens is 2. The normalized spacial score (nSPS) is 10.6. The molecule has 0 saturated heterocycles. The van der Waals surface area contributed by atoms with Gasteiger partial charge in [0.05, 0.1) is 30.2 Å². The van der Waals surface area contributed by atoms with Crippen LogP contribution in [0.4, 0.5) is 0 Å². The van der Waals surface area contributed by atoms with E-state index in [0.29, 0.717) is 22.8 Å². The lowest BCUT2D eigenvalue weighted by atomic mass is 10.2. The van der Waals surface area contributed by atoms with Gasteiger partial charge in [0.25, 0.3) is 0 Å². The Kier molecular flexibility index (Phi) is 2.89. The summed E-state index contributed by atoms with van der Waals surface area (Å²) >= 11 is 0. The number of nitrogens with one attached hydrogen (secondary N) is 1. The molecular formula is C11H12N2O3. The maximum absolute atomic E-state index is 9.62. The van der Waals surface area contributed by atoms with Crippen molar-refractivity contribution in [1.29, 1.82) is 0 Å².